The first-order valence-corrected chi connectivity index (χ1v) is 9.47. The van der Waals surface area contributed by atoms with E-state index in [0.717, 1.165) is 6.07 Å². The van der Waals surface area contributed by atoms with Crippen molar-refractivity contribution in [2.45, 2.75) is 12.5 Å². The first kappa shape index (κ1) is 19.8. The molecule has 1 fully saturated rings. The molecular formula is C20H17ClFN5O3. The zero-order chi connectivity index (χ0) is 21.3. The monoisotopic (exact) mass is 429 g/mol. The molecule has 1 aliphatic heterocycles. The number of benzene rings is 1. The van der Waals surface area contributed by atoms with E-state index < -0.39 is 11.6 Å². The SMILES string of the molecule is C=CC(=O)N1CCC(Oc2ccc3ncnc(Nc4cc(F)c(O)c(Cl)c4)c3n2)C1. The highest BCUT2D eigenvalue weighted by atomic mass is 35.5. The van der Waals surface area contributed by atoms with Gasteiger partial charge in [0.2, 0.25) is 11.8 Å². The second-order valence-electron chi connectivity index (χ2n) is 6.67. The molecule has 1 aliphatic rings. The quantitative estimate of drug-likeness (QED) is 0.473. The van der Waals surface area contributed by atoms with Crippen LogP contribution in [0.25, 0.3) is 11.0 Å². The second-order valence-corrected chi connectivity index (χ2v) is 7.08. The summed E-state index contributed by atoms with van der Waals surface area (Å²) in [6, 6.07) is 5.89. The number of hydrogen-bond donors (Lipinski definition) is 2. The highest BCUT2D eigenvalue weighted by molar-refractivity contribution is 6.32. The van der Waals surface area contributed by atoms with Crippen LogP contribution >= 0.6 is 11.6 Å². The fourth-order valence-corrected chi connectivity index (χ4v) is 3.39. The van der Waals surface area contributed by atoms with Crippen LogP contribution in [0, 0.1) is 5.82 Å². The second kappa shape index (κ2) is 8.11. The minimum atomic E-state index is -0.861. The molecule has 0 bridgehead atoms. The number of hydrogen-bond acceptors (Lipinski definition) is 7. The van der Waals surface area contributed by atoms with Gasteiger partial charge in [0.15, 0.2) is 17.4 Å². The number of phenolic OH excluding ortho intramolecular Hbond substituents is 1. The summed E-state index contributed by atoms with van der Waals surface area (Å²) in [6.45, 7) is 4.54. The van der Waals surface area contributed by atoms with Crippen molar-refractivity contribution in [1.29, 1.82) is 0 Å². The third-order valence-corrected chi connectivity index (χ3v) is 4.94. The average molecular weight is 430 g/mol. The van der Waals surface area contributed by atoms with Crippen molar-refractivity contribution in [3.8, 4) is 11.6 Å². The number of pyridine rings is 1. The predicted octanol–water partition coefficient (Wildman–Crippen LogP) is 3.43. The van der Waals surface area contributed by atoms with Gasteiger partial charge in [0, 0.05) is 30.8 Å². The van der Waals surface area contributed by atoms with Crippen LogP contribution in [0.5, 0.6) is 11.6 Å². The summed E-state index contributed by atoms with van der Waals surface area (Å²) in [4.78, 5) is 26.2. The fraction of sp³-hybridized carbons (Fsp3) is 0.200. The van der Waals surface area contributed by atoms with Gasteiger partial charge in [-0.25, -0.2) is 19.3 Å². The highest BCUT2D eigenvalue weighted by Gasteiger charge is 2.26. The van der Waals surface area contributed by atoms with Crippen LogP contribution < -0.4 is 10.1 Å². The number of likely N-dealkylation sites (tertiary alicyclic amines) is 1. The molecule has 1 amide bonds. The summed E-state index contributed by atoms with van der Waals surface area (Å²) < 4.78 is 19.7. The lowest BCUT2D eigenvalue weighted by atomic mass is 10.2. The van der Waals surface area contributed by atoms with Crippen molar-refractivity contribution < 1.29 is 19.0 Å². The maximum absolute atomic E-state index is 13.8. The van der Waals surface area contributed by atoms with E-state index in [1.165, 1.54) is 18.5 Å². The van der Waals surface area contributed by atoms with Crippen molar-refractivity contribution in [1.82, 2.24) is 19.9 Å². The summed E-state index contributed by atoms with van der Waals surface area (Å²) in [5.74, 6) is -0.939. The van der Waals surface area contributed by atoms with Gasteiger partial charge in [-0.3, -0.25) is 4.79 Å². The van der Waals surface area contributed by atoms with Gasteiger partial charge < -0.3 is 20.1 Å². The molecule has 1 unspecified atom stereocenters. The normalized spacial score (nSPS) is 15.9. The lowest BCUT2D eigenvalue weighted by Crippen LogP contribution is -2.29. The molecule has 2 N–H and O–H groups in total. The number of carbonyl (C=O) groups excluding carboxylic acids is 1. The van der Waals surface area contributed by atoms with Gasteiger partial charge >= 0.3 is 0 Å². The van der Waals surface area contributed by atoms with E-state index in [1.807, 2.05) is 0 Å². The molecule has 2 aromatic heterocycles. The summed E-state index contributed by atoms with van der Waals surface area (Å²) in [5, 5.41) is 12.3. The minimum absolute atomic E-state index is 0.132. The van der Waals surface area contributed by atoms with Crippen LogP contribution in [-0.4, -0.2) is 50.1 Å². The summed E-state index contributed by atoms with van der Waals surface area (Å²) in [7, 11) is 0. The van der Waals surface area contributed by atoms with Crippen molar-refractivity contribution in [3.63, 3.8) is 0 Å². The number of aromatic hydroxyl groups is 1. The minimum Gasteiger partial charge on any atom is -0.504 e. The molecular weight excluding hydrogens is 413 g/mol. The highest BCUT2D eigenvalue weighted by Crippen LogP contribution is 2.32. The summed E-state index contributed by atoms with van der Waals surface area (Å²) in [5.41, 5.74) is 1.26. The van der Waals surface area contributed by atoms with Crippen molar-refractivity contribution in [2.75, 3.05) is 18.4 Å². The lowest BCUT2D eigenvalue weighted by molar-refractivity contribution is -0.125. The summed E-state index contributed by atoms with van der Waals surface area (Å²) in [6.07, 6.45) is 3.12. The van der Waals surface area contributed by atoms with Gasteiger partial charge in [0.05, 0.1) is 17.1 Å². The Balaban J connectivity index is 1.58. The van der Waals surface area contributed by atoms with E-state index in [1.54, 1.807) is 17.0 Å². The van der Waals surface area contributed by atoms with E-state index in [4.69, 9.17) is 16.3 Å². The Bertz CT molecular complexity index is 1120. The Morgan fingerprint density at radius 3 is 3.00 bits per heavy atom. The topological polar surface area (TPSA) is 100 Å². The molecule has 10 heteroatoms. The van der Waals surface area contributed by atoms with Gasteiger partial charge in [0.25, 0.3) is 0 Å². The van der Waals surface area contributed by atoms with E-state index >= 15 is 0 Å². The molecule has 0 saturated carbocycles. The Labute approximate surface area is 176 Å². The van der Waals surface area contributed by atoms with Crippen LogP contribution in [0.1, 0.15) is 6.42 Å². The molecule has 0 radical (unpaired) electrons. The third kappa shape index (κ3) is 3.97. The van der Waals surface area contributed by atoms with Gasteiger partial charge in [-0.2, -0.15) is 0 Å². The summed E-state index contributed by atoms with van der Waals surface area (Å²) >= 11 is 5.84. The molecule has 3 aromatic rings. The molecule has 1 aromatic carbocycles. The van der Waals surface area contributed by atoms with Crippen molar-refractivity contribution in [2.24, 2.45) is 0 Å². The average Bonchev–Trinajstić information content (AvgIpc) is 3.20. The lowest BCUT2D eigenvalue weighted by Gasteiger charge is -2.15. The Hall–Kier alpha value is -3.46. The number of aromatic nitrogens is 3. The number of nitrogens with zero attached hydrogens (tertiary/aromatic N) is 4. The van der Waals surface area contributed by atoms with Crippen LogP contribution in [0.2, 0.25) is 5.02 Å². The first-order valence-electron chi connectivity index (χ1n) is 9.09. The zero-order valence-electron chi connectivity index (χ0n) is 15.7. The van der Waals surface area contributed by atoms with E-state index in [-0.39, 0.29) is 22.7 Å². The number of fused-ring (bicyclic) bond motifs is 1. The largest absolute Gasteiger partial charge is 0.504 e. The van der Waals surface area contributed by atoms with Gasteiger partial charge in [-0.15, -0.1) is 0 Å². The number of nitrogens with one attached hydrogen (secondary N) is 1. The van der Waals surface area contributed by atoms with Gasteiger partial charge in [0.1, 0.15) is 17.9 Å². The van der Waals surface area contributed by atoms with E-state index in [2.05, 4.69) is 26.8 Å². The van der Waals surface area contributed by atoms with Crippen LogP contribution in [0.15, 0.2) is 43.2 Å². The molecule has 154 valence electrons. The maximum atomic E-state index is 13.8. The van der Waals surface area contributed by atoms with Crippen LogP contribution in [-0.2, 0) is 4.79 Å². The standard InChI is InChI=1S/C20H17ClFN5O3/c1-2-17(28)27-6-5-12(9-27)30-16-4-3-15-18(26-16)20(24-10-23-15)25-11-7-13(21)19(29)14(22)8-11/h2-4,7-8,10,12,29H,1,5-6,9H2,(H,23,24,25). The number of rotatable bonds is 5. The Morgan fingerprint density at radius 1 is 1.40 bits per heavy atom. The molecule has 4 rings (SSSR count). The fourth-order valence-electron chi connectivity index (χ4n) is 3.18. The van der Waals surface area contributed by atoms with Crippen molar-refractivity contribution >= 4 is 40.0 Å². The van der Waals surface area contributed by atoms with Gasteiger partial charge in [-0.05, 0) is 18.2 Å². The number of phenols is 1. The molecule has 1 atom stereocenters. The molecule has 8 nitrogen and oxygen atoms in total. The molecule has 0 spiro atoms. The first-order chi connectivity index (χ1) is 14.4. The number of carbonyl (C=O) groups is 1. The van der Waals surface area contributed by atoms with Crippen LogP contribution in [0.4, 0.5) is 15.9 Å². The number of ether oxygens (including phenoxy) is 1. The maximum Gasteiger partial charge on any atom is 0.246 e. The molecule has 3 heterocycles. The molecule has 1 saturated heterocycles. The van der Waals surface area contributed by atoms with Gasteiger partial charge in [-0.1, -0.05) is 18.2 Å². The molecule has 0 aliphatic carbocycles. The van der Waals surface area contributed by atoms with Crippen LogP contribution in [0.3, 0.4) is 0 Å². The number of amides is 1. The van der Waals surface area contributed by atoms with E-state index in [9.17, 15) is 14.3 Å². The van der Waals surface area contributed by atoms with Crippen molar-refractivity contribution in [3.05, 3.63) is 54.1 Å². The predicted molar refractivity (Wildman–Crippen MR) is 110 cm³/mol. The smallest absolute Gasteiger partial charge is 0.246 e. The Kier molecular flexibility index (Phi) is 5.37. The Morgan fingerprint density at radius 2 is 2.23 bits per heavy atom. The zero-order valence-corrected chi connectivity index (χ0v) is 16.4. The third-order valence-electron chi connectivity index (χ3n) is 4.65. The molecule has 30 heavy (non-hydrogen) atoms. The number of halogens is 2. The van der Waals surface area contributed by atoms with E-state index in [0.29, 0.717) is 42.2 Å². The number of anilines is 2.